The van der Waals surface area contributed by atoms with Gasteiger partial charge >= 0.3 is 0 Å². The molecular formula is C16H16F2N2O. The smallest absolute Gasteiger partial charge is 0.253 e. The number of nitrogen functional groups attached to an aromatic ring is 1. The molecule has 2 aromatic rings. The fourth-order valence-electron chi connectivity index (χ4n) is 1.97. The Morgan fingerprint density at radius 1 is 1.19 bits per heavy atom. The molecule has 5 heteroatoms. The second kappa shape index (κ2) is 5.91. The minimum Gasteiger partial charge on any atom is -0.398 e. The van der Waals surface area contributed by atoms with Crippen LogP contribution >= 0.6 is 0 Å². The molecule has 2 rings (SSSR count). The molecule has 0 radical (unpaired) electrons. The second-order valence-electron chi connectivity index (χ2n) is 4.97. The molecule has 0 saturated heterocycles. The summed E-state index contributed by atoms with van der Waals surface area (Å²) in [6, 6.07) is 8.33. The number of benzene rings is 2. The lowest BCUT2D eigenvalue weighted by Gasteiger charge is -2.18. The predicted molar refractivity (Wildman–Crippen MR) is 77.7 cm³/mol. The Hall–Kier alpha value is -2.43. The first-order chi connectivity index (χ1) is 9.88. The molecule has 2 N–H and O–H groups in total. The van der Waals surface area contributed by atoms with Crippen LogP contribution in [0.3, 0.4) is 0 Å². The maximum absolute atomic E-state index is 13.6. The number of rotatable bonds is 3. The van der Waals surface area contributed by atoms with Crippen LogP contribution in [0.25, 0.3) is 0 Å². The third-order valence-corrected chi connectivity index (χ3v) is 3.30. The van der Waals surface area contributed by atoms with Crippen molar-refractivity contribution in [3.8, 4) is 0 Å². The highest BCUT2D eigenvalue weighted by atomic mass is 19.1. The van der Waals surface area contributed by atoms with Gasteiger partial charge in [-0.3, -0.25) is 4.79 Å². The molecule has 0 fully saturated rings. The Morgan fingerprint density at radius 2 is 1.90 bits per heavy atom. The first-order valence-electron chi connectivity index (χ1n) is 6.44. The van der Waals surface area contributed by atoms with Crippen molar-refractivity contribution < 1.29 is 13.6 Å². The van der Waals surface area contributed by atoms with Gasteiger partial charge in [0.15, 0.2) is 0 Å². The van der Waals surface area contributed by atoms with E-state index >= 15 is 0 Å². The van der Waals surface area contributed by atoms with Gasteiger partial charge in [-0.1, -0.05) is 12.1 Å². The van der Waals surface area contributed by atoms with Gasteiger partial charge in [-0.15, -0.1) is 0 Å². The lowest BCUT2D eigenvalue weighted by molar-refractivity contribution is 0.0784. The van der Waals surface area contributed by atoms with Gasteiger partial charge < -0.3 is 10.6 Å². The van der Waals surface area contributed by atoms with Gasteiger partial charge in [0, 0.05) is 36.5 Å². The molecule has 0 aliphatic rings. The first-order valence-corrected chi connectivity index (χ1v) is 6.44. The topological polar surface area (TPSA) is 46.3 Å². The van der Waals surface area contributed by atoms with Crippen LogP contribution in [0.5, 0.6) is 0 Å². The summed E-state index contributed by atoms with van der Waals surface area (Å²) in [5, 5.41) is 0. The van der Waals surface area contributed by atoms with Gasteiger partial charge in [-0.05, 0) is 30.7 Å². The van der Waals surface area contributed by atoms with E-state index in [1.807, 2.05) is 6.92 Å². The molecule has 3 nitrogen and oxygen atoms in total. The minimum atomic E-state index is -0.668. The van der Waals surface area contributed by atoms with Crippen molar-refractivity contribution in [1.82, 2.24) is 4.90 Å². The van der Waals surface area contributed by atoms with Crippen molar-refractivity contribution in [3.63, 3.8) is 0 Å². The normalized spacial score (nSPS) is 10.5. The van der Waals surface area contributed by atoms with Crippen LogP contribution in [0.2, 0.25) is 0 Å². The lowest BCUT2D eigenvalue weighted by Crippen LogP contribution is -2.26. The summed E-state index contributed by atoms with van der Waals surface area (Å²) in [6.07, 6.45) is 0. The number of nitrogens with two attached hydrogens (primary N) is 1. The highest BCUT2D eigenvalue weighted by Crippen LogP contribution is 2.16. The molecule has 0 aliphatic heterocycles. The Bertz CT molecular complexity index is 686. The third kappa shape index (κ3) is 3.37. The number of hydrogen-bond donors (Lipinski definition) is 1. The number of hydrogen-bond acceptors (Lipinski definition) is 2. The summed E-state index contributed by atoms with van der Waals surface area (Å²) >= 11 is 0. The van der Waals surface area contributed by atoms with Crippen LogP contribution in [0.4, 0.5) is 14.5 Å². The average Bonchev–Trinajstić information content (AvgIpc) is 2.44. The van der Waals surface area contributed by atoms with Gasteiger partial charge in [-0.2, -0.15) is 0 Å². The zero-order valence-electron chi connectivity index (χ0n) is 11.9. The van der Waals surface area contributed by atoms with Crippen LogP contribution in [-0.2, 0) is 6.54 Å². The molecule has 0 bridgehead atoms. The number of amides is 1. The van der Waals surface area contributed by atoms with Crippen LogP contribution in [0, 0.1) is 18.6 Å². The SMILES string of the molecule is Cc1ccc(C(=O)N(C)Cc2ccc(F)cc2F)cc1N. The summed E-state index contributed by atoms with van der Waals surface area (Å²) in [4.78, 5) is 13.6. The molecule has 0 spiro atoms. The standard InChI is InChI=1S/C16H16F2N2O/c1-10-3-4-11(7-15(10)19)16(21)20(2)9-12-5-6-13(17)8-14(12)18/h3-8H,9,19H2,1-2H3. The van der Waals surface area contributed by atoms with Gasteiger partial charge in [-0.25, -0.2) is 8.78 Å². The van der Waals surface area contributed by atoms with E-state index in [4.69, 9.17) is 5.73 Å². The van der Waals surface area contributed by atoms with E-state index in [0.29, 0.717) is 11.3 Å². The first kappa shape index (κ1) is 15.0. The summed E-state index contributed by atoms with van der Waals surface area (Å²) in [7, 11) is 1.56. The van der Waals surface area contributed by atoms with Crippen molar-refractivity contribution in [1.29, 1.82) is 0 Å². The van der Waals surface area contributed by atoms with E-state index in [2.05, 4.69) is 0 Å². The highest BCUT2D eigenvalue weighted by molar-refractivity contribution is 5.95. The molecular weight excluding hydrogens is 274 g/mol. The van der Waals surface area contributed by atoms with E-state index in [1.54, 1.807) is 25.2 Å². The quantitative estimate of drug-likeness (QED) is 0.883. The van der Waals surface area contributed by atoms with Crippen molar-refractivity contribution in [2.75, 3.05) is 12.8 Å². The van der Waals surface area contributed by atoms with E-state index in [9.17, 15) is 13.6 Å². The van der Waals surface area contributed by atoms with Crippen molar-refractivity contribution in [2.24, 2.45) is 0 Å². The molecule has 0 heterocycles. The van der Waals surface area contributed by atoms with Crippen LogP contribution in [0.15, 0.2) is 36.4 Å². The number of carbonyl (C=O) groups is 1. The number of carbonyl (C=O) groups excluding carboxylic acids is 1. The fourth-order valence-corrected chi connectivity index (χ4v) is 1.97. The second-order valence-corrected chi connectivity index (χ2v) is 4.97. The summed E-state index contributed by atoms with van der Waals surface area (Å²) in [5.74, 6) is -1.58. The molecule has 21 heavy (non-hydrogen) atoms. The Morgan fingerprint density at radius 3 is 2.52 bits per heavy atom. The summed E-state index contributed by atoms with van der Waals surface area (Å²) in [5.41, 5.74) is 7.89. The number of halogens is 2. The Balaban J connectivity index is 2.17. The molecule has 2 aromatic carbocycles. The van der Waals surface area contributed by atoms with Crippen molar-refractivity contribution in [2.45, 2.75) is 13.5 Å². The van der Waals surface area contributed by atoms with E-state index < -0.39 is 11.6 Å². The average molecular weight is 290 g/mol. The molecule has 0 aliphatic carbocycles. The Labute approximate surface area is 122 Å². The van der Waals surface area contributed by atoms with Crippen molar-refractivity contribution in [3.05, 3.63) is 64.7 Å². The fraction of sp³-hybridized carbons (Fsp3) is 0.188. The van der Waals surface area contributed by atoms with Crippen molar-refractivity contribution >= 4 is 11.6 Å². The predicted octanol–water partition coefficient (Wildman–Crippen LogP) is 3.13. The van der Waals surface area contributed by atoms with Crippen LogP contribution < -0.4 is 5.73 Å². The van der Waals surface area contributed by atoms with Gasteiger partial charge in [0.05, 0.1) is 0 Å². The van der Waals surface area contributed by atoms with Crippen LogP contribution in [0.1, 0.15) is 21.5 Å². The van der Waals surface area contributed by atoms with E-state index in [-0.39, 0.29) is 18.0 Å². The summed E-state index contributed by atoms with van der Waals surface area (Å²) in [6.45, 7) is 1.90. The Kier molecular flexibility index (Phi) is 4.21. The van der Waals surface area contributed by atoms with E-state index in [0.717, 1.165) is 11.6 Å². The highest BCUT2D eigenvalue weighted by Gasteiger charge is 2.15. The van der Waals surface area contributed by atoms with Crippen LogP contribution in [-0.4, -0.2) is 17.9 Å². The lowest BCUT2D eigenvalue weighted by atomic mass is 10.1. The number of nitrogens with zero attached hydrogens (tertiary/aromatic N) is 1. The molecule has 0 saturated carbocycles. The zero-order valence-corrected chi connectivity index (χ0v) is 11.9. The van der Waals surface area contributed by atoms with Gasteiger partial charge in [0.1, 0.15) is 11.6 Å². The minimum absolute atomic E-state index is 0.0543. The van der Waals surface area contributed by atoms with E-state index in [1.165, 1.54) is 17.0 Å². The maximum atomic E-state index is 13.6. The molecule has 0 unspecified atom stereocenters. The number of anilines is 1. The molecule has 0 atom stereocenters. The zero-order chi connectivity index (χ0) is 15.6. The summed E-state index contributed by atoms with van der Waals surface area (Å²) < 4.78 is 26.5. The number of aryl methyl sites for hydroxylation is 1. The maximum Gasteiger partial charge on any atom is 0.253 e. The molecule has 110 valence electrons. The molecule has 0 aromatic heterocycles. The molecule has 1 amide bonds. The third-order valence-electron chi connectivity index (χ3n) is 3.30. The van der Waals surface area contributed by atoms with Gasteiger partial charge in [0.2, 0.25) is 0 Å². The van der Waals surface area contributed by atoms with Gasteiger partial charge in [0.25, 0.3) is 5.91 Å². The monoisotopic (exact) mass is 290 g/mol. The largest absolute Gasteiger partial charge is 0.398 e.